The summed E-state index contributed by atoms with van der Waals surface area (Å²) in [5.41, 5.74) is 0.785. The molecule has 162 valence electrons. The van der Waals surface area contributed by atoms with Crippen molar-refractivity contribution in [1.29, 1.82) is 0 Å². The molecule has 1 unspecified atom stereocenters. The van der Waals surface area contributed by atoms with Crippen molar-refractivity contribution in [2.24, 2.45) is 0 Å². The van der Waals surface area contributed by atoms with E-state index < -0.39 is 16.1 Å². The molecular weight excluding hydrogens is 404 g/mol. The van der Waals surface area contributed by atoms with Crippen molar-refractivity contribution in [3.05, 3.63) is 54.1 Å². The minimum absolute atomic E-state index is 0.0961. The molecule has 1 heterocycles. The first-order valence-corrected chi connectivity index (χ1v) is 11.5. The van der Waals surface area contributed by atoms with Gasteiger partial charge in [0.05, 0.1) is 18.6 Å². The van der Waals surface area contributed by atoms with E-state index in [0.717, 1.165) is 24.2 Å². The van der Waals surface area contributed by atoms with Crippen LogP contribution in [0, 0.1) is 0 Å². The maximum Gasteiger partial charge on any atom is 0.244 e. The molecule has 1 saturated heterocycles. The lowest BCUT2D eigenvalue weighted by atomic mass is 10.1. The summed E-state index contributed by atoms with van der Waals surface area (Å²) in [5, 5.41) is 2.84. The summed E-state index contributed by atoms with van der Waals surface area (Å²) in [6.07, 6.45) is 2.10. The van der Waals surface area contributed by atoms with Gasteiger partial charge in [0.15, 0.2) is 0 Å². The zero-order chi connectivity index (χ0) is 21.6. The summed E-state index contributed by atoms with van der Waals surface area (Å²) < 4.78 is 39.0. The Morgan fingerprint density at radius 1 is 1.03 bits per heavy atom. The number of amides is 1. The first kappa shape index (κ1) is 22.1. The highest BCUT2D eigenvalue weighted by molar-refractivity contribution is 7.89. The molecule has 1 aliphatic heterocycles. The van der Waals surface area contributed by atoms with E-state index in [1.54, 1.807) is 12.1 Å². The summed E-state index contributed by atoms with van der Waals surface area (Å²) in [7, 11) is -2.38. The molecule has 3 rings (SSSR count). The normalized spacial score (nSPS) is 17.3. The number of sulfonamides is 1. The van der Waals surface area contributed by atoms with Gasteiger partial charge in [0.2, 0.25) is 15.9 Å². The molecule has 0 saturated carbocycles. The molecule has 7 nitrogen and oxygen atoms in total. The van der Waals surface area contributed by atoms with Crippen LogP contribution in [0.3, 0.4) is 0 Å². The van der Waals surface area contributed by atoms with Crippen molar-refractivity contribution >= 4 is 15.9 Å². The van der Waals surface area contributed by atoms with Crippen LogP contribution in [0.2, 0.25) is 0 Å². The van der Waals surface area contributed by atoms with Crippen LogP contribution in [0.15, 0.2) is 53.4 Å². The van der Waals surface area contributed by atoms with Gasteiger partial charge in [-0.2, -0.15) is 4.31 Å². The minimum atomic E-state index is -3.91. The van der Waals surface area contributed by atoms with Crippen molar-refractivity contribution in [3.63, 3.8) is 0 Å². The number of ether oxygens (including phenoxy) is 2. The van der Waals surface area contributed by atoms with Crippen LogP contribution in [-0.2, 0) is 21.4 Å². The summed E-state index contributed by atoms with van der Waals surface area (Å²) in [6, 6.07) is 12.7. The van der Waals surface area contributed by atoms with Crippen LogP contribution in [-0.4, -0.2) is 44.9 Å². The highest BCUT2D eigenvalue weighted by Crippen LogP contribution is 2.26. The van der Waals surface area contributed by atoms with E-state index in [1.807, 2.05) is 31.2 Å². The second-order valence-corrected chi connectivity index (χ2v) is 9.00. The number of methoxy groups -OCH3 is 1. The number of carbonyl (C=O) groups excluding carboxylic acids is 1. The zero-order valence-corrected chi connectivity index (χ0v) is 18.2. The molecule has 0 spiro atoms. The quantitative estimate of drug-likeness (QED) is 0.693. The Hall–Kier alpha value is -2.58. The molecule has 2 aromatic rings. The SMILES string of the molecule is CCOc1ccc(CN(C2CCCCNC2=O)S(=O)(=O)c2ccc(OC)cc2)cc1. The maximum absolute atomic E-state index is 13.5. The Kier molecular flexibility index (Phi) is 7.33. The lowest BCUT2D eigenvalue weighted by Crippen LogP contribution is -2.48. The lowest BCUT2D eigenvalue weighted by Gasteiger charge is -2.29. The third-order valence-corrected chi connectivity index (χ3v) is 6.96. The van der Waals surface area contributed by atoms with Crippen LogP contribution in [0.25, 0.3) is 0 Å². The maximum atomic E-state index is 13.5. The summed E-state index contributed by atoms with van der Waals surface area (Å²) >= 11 is 0. The molecule has 1 atom stereocenters. The van der Waals surface area contributed by atoms with Crippen LogP contribution in [0.5, 0.6) is 11.5 Å². The van der Waals surface area contributed by atoms with E-state index in [4.69, 9.17) is 9.47 Å². The van der Waals surface area contributed by atoms with Crippen molar-refractivity contribution < 1.29 is 22.7 Å². The lowest BCUT2D eigenvalue weighted by molar-refractivity contribution is -0.124. The zero-order valence-electron chi connectivity index (χ0n) is 17.3. The van der Waals surface area contributed by atoms with Gasteiger partial charge in [-0.05, 0) is 68.1 Å². The predicted molar refractivity (Wildman–Crippen MR) is 114 cm³/mol. The van der Waals surface area contributed by atoms with Crippen molar-refractivity contribution in [3.8, 4) is 11.5 Å². The third-order valence-electron chi connectivity index (χ3n) is 5.09. The van der Waals surface area contributed by atoms with E-state index in [9.17, 15) is 13.2 Å². The number of nitrogens with zero attached hydrogens (tertiary/aromatic N) is 1. The van der Waals surface area contributed by atoms with E-state index in [2.05, 4.69) is 5.32 Å². The van der Waals surface area contributed by atoms with Crippen molar-refractivity contribution in [2.75, 3.05) is 20.3 Å². The van der Waals surface area contributed by atoms with Gasteiger partial charge in [0.25, 0.3) is 0 Å². The number of hydrogen-bond acceptors (Lipinski definition) is 5. The summed E-state index contributed by atoms with van der Waals surface area (Å²) in [4.78, 5) is 12.8. The van der Waals surface area contributed by atoms with E-state index in [1.165, 1.54) is 23.5 Å². The fraction of sp³-hybridized carbons (Fsp3) is 0.409. The Labute approximate surface area is 178 Å². The number of benzene rings is 2. The van der Waals surface area contributed by atoms with Crippen LogP contribution < -0.4 is 14.8 Å². The van der Waals surface area contributed by atoms with Crippen LogP contribution in [0.4, 0.5) is 0 Å². The van der Waals surface area contributed by atoms with Crippen molar-refractivity contribution in [1.82, 2.24) is 9.62 Å². The molecular formula is C22H28N2O5S. The Bertz CT molecular complexity index is 942. The second-order valence-electron chi connectivity index (χ2n) is 7.11. The highest BCUT2D eigenvalue weighted by Gasteiger charge is 2.36. The van der Waals surface area contributed by atoms with Crippen molar-refractivity contribution in [2.45, 2.75) is 43.7 Å². The van der Waals surface area contributed by atoms with E-state index in [0.29, 0.717) is 25.3 Å². The van der Waals surface area contributed by atoms with Crippen LogP contribution >= 0.6 is 0 Å². The average Bonchev–Trinajstić information content (AvgIpc) is 2.97. The minimum Gasteiger partial charge on any atom is -0.497 e. The molecule has 1 fully saturated rings. The Balaban J connectivity index is 1.96. The summed E-state index contributed by atoms with van der Waals surface area (Å²) in [6.45, 7) is 3.12. The number of hydrogen-bond donors (Lipinski definition) is 1. The number of rotatable bonds is 8. The monoisotopic (exact) mass is 432 g/mol. The predicted octanol–water partition coefficient (Wildman–Crippen LogP) is 2.95. The topological polar surface area (TPSA) is 84.9 Å². The molecule has 0 aliphatic carbocycles. The smallest absolute Gasteiger partial charge is 0.244 e. The number of nitrogens with one attached hydrogen (secondary N) is 1. The first-order valence-electron chi connectivity index (χ1n) is 10.1. The summed E-state index contributed by atoms with van der Waals surface area (Å²) in [5.74, 6) is 1.03. The van der Waals surface area contributed by atoms with Gasteiger partial charge in [-0.25, -0.2) is 8.42 Å². The molecule has 0 aromatic heterocycles. The fourth-order valence-electron chi connectivity index (χ4n) is 3.48. The largest absolute Gasteiger partial charge is 0.497 e. The molecule has 0 radical (unpaired) electrons. The number of carbonyl (C=O) groups is 1. The van der Waals surface area contributed by atoms with Gasteiger partial charge in [-0.1, -0.05) is 12.1 Å². The molecule has 0 bridgehead atoms. The van der Waals surface area contributed by atoms with Gasteiger partial charge in [0.1, 0.15) is 17.5 Å². The van der Waals surface area contributed by atoms with E-state index >= 15 is 0 Å². The van der Waals surface area contributed by atoms with E-state index in [-0.39, 0.29) is 17.3 Å². The fourth-order valence-corrected chi connectivity index (χ4v) is 5.09. The Morgan fingerprint density at radius 3 is 2.33 bits per heavy atom. The second kappa shape index (κ2) is 9.95. The Morgan fingerprint density at radius 2 is 1.70 bits per heavy atom. The van der Waals surface area contributed by atoms with Crippen LogP contribution in [0.1, 0.15) is 31.7 Å². The van der Waals surface area contributed by atoms with Gasteiger partial charge in [-0.15, -0.1) is 0 Å². The standard InChI is InChI=1S/C22H28N2O5S/c1-3-29-19-9-7-17(8-10-19)16-24(21-6-4-5-15-23-22(21)25)30(26,27)20-13-11-18(28-2)12-14-20/h7-14,21H,3-6,15-16H2,1-2H3,(H,23,25). The average molecular weight is 433 g/mol. The molecule has 30 heavy (non-hydrogen) atoms. The van der Waals surface area contributed by atoms with Gasteiger partial charge < -0.3 is 14.8 Å². The van der Waals surface area contributed by atoms with Gasteiger partial charge in [0, 0.05) is 13.1 Å². The van der Waals surface area contributed by atoms with Gasteiger partial charge >= 0.3 is 0 Å². The first-order chi connectivity index (χ1) is 14.5. The molecule has 1 amide bonds. The van der Waals surface area contributed by atoms with Gasteiger partial charge in [-0.3, -0.25) is 4.79 Å². The molecule has 2 aromatic carbocycles. The highest BCUT2D eigenvalue weighted by atomic mass is 32.2. The molecule has 1 N–H and O–H groups in total. The third kappa shape index (κ3) is 5.12. The molecule has 1 aliphatic rings. The molecule has 8 heteroatoms.